The molecular formula is C15H19N3O. The molecule has 0 aliphatic carbocycles. The van der Waals surface area contributed by atoms with E-state index in [9.17, 15) is 4.79 Å². The van der Waals surface area contributed by atoms with Gasteiger partial charge in [-0.25, -0.2) is 0 Å². The minimum Gasteiger partial charge on any atom is -0.324 e. The monoisotopic (exact) mass is 257 g/mol. The van der Waals surface area contributed by atoms with Gasteiger partial charge in [0.2, 0.25) is 5.91 Å². The first kappa shape index (κ1) is 13.3. The van der Waals surface area contributed by atoms with Crippen molar-refractivity contribution in [1.82, 2.24) is 9.78 Å². The Labute approximate surface area is 113 Å². The third-order valence-corrected chi connectivity index (χ3v) is 3.15. The Morgan fingerprint density at radius 2 is 1.89 bits per heavy atom. The van der Waals surface area contributed by atoms with Gasteiger partial charge in [-0.1, -0.05) is 26.0 Å². The van der Waals surface area contributed by atoms with E-state index in [1.54, 1.807) is 23.1 Å². The number of aromatic nitrogens is 2. The van der Waals surface area contributed by atoms with Crippen LogP contribution in [0.5, 0.6) is 0 Å². The van der Waals surface area contributed by atoms with E-state index in [-0.39, 0.29) is 11.9 Å². The quantitative estimate of drug-likeness (QED) is 0.914. The van der Waals surface area contributed by atoms with Crippen molar-refractivity contribution < 1.29 is 4.79 Å². The zero-order chi connectivity index (χ0) is 13.8. The topological polar surface area (TPSA) is 46.9 Å². The number of anilines is 1. The van der Waals surface area contributed by atoms with Gasteiger partial charge in [-0.15, -0.1) is 0 Å². The molecule has 0 radical (unpaired) electrons. The fraction of sp³-hybridized carbons (Fsp3) is 0.333. The van der Waals surface area contributed by atoms with E-state index < -0.39 is 0 Å². The van der Waals surface area contributed by atoms with E-state index in [4.69, 9.17) is 0 Å². The molecule has 1 aromatic carbocycles. The Hall–Kier alpha value is -2.10. The number of amides is 1. The van der Waals surface area contributed by atoms with Gasteiger partial charge in [-0.05, 0) is 36.6 Å². The highest BCUT2D eigenvalue weighted by Crippen LogP contribution is 2.18. The Morgan fingerprint density at radius 3 is 2.42 bits per heavy atom. The lowest BCUT2D eigenvalue weighted by Gasteiger charge is -2.13. The van der Waals surface area contributed by atoms with Gasteiger partial charge < -0.3 is 5.32 Å². The fourth-order valence-electron chi connectivity index (χ4n) is 1.83. The first-order valence-corrected chi connectivity index (χ1v) is 6.48. The lowest BCUT2D eigenvalue weighted by atomic mass is 10.0. The number of hydrogen-bond acceptors (Lipinski definition) is 2. The molecule has 2 rings (SSSR count). The first-order valence-electron chi connectivity index (χ1n) is 6.48. The van der Waals surface area contributed by atoms with Crippen molar-refractivity contribution in [2.24, 2.45) is 0 Å². The predicted octanol–water partition coefficient (Wildman–Crippen LogP) is 3.21. The molecule has 0 unspecified atom stereocenters. The summed E-state index contributed by atoms with van der Waals surface area (Å²) < 4.78 is 1.64. The molecule has 0 bridgehead atoms. The van der Waals surface area contributed by atoms with E-state index in [1.807, 2.05) is 31.2 Å². The van der Waals surface area contributed by atoms with E-state index in [0.29, 0.717) is 5.92 Å². The summed E-state index contributed by atoms with van der Waals surface area (Å²) in [5, 5.41) is 6.97. The molecule has 4 heteroatoms. The van der Waals surface area contributed by atoms with Crippen LogP contribution in [0.15, 0.2) is 42.7 Å². The van der Waals surface area contributed by atoms with E-state index >= 15 is 0 Å². The smallest absolute Gasteiger partial charge is 0.248 e. The zero-order valence-electron chi connectivity index (χ0n) is 11.5. The van der Waals surface area contributed by atoms with Crippen molar-refractivity contribution in [3.63, 3.8) is 0 Å². The number of carbonyl (C=O) groups excluding carboxylic acids is 1. The van der Waals surface area contributed by atoms with Crippen LogP contribution < -0.4 is 5.32 Å². The molecule has 0 fully saturated rings. The third-order valence-electron chi connectivity index (χ3n) is 3.15. The van der Waals surface area contributed by atoms with Crippen LogP contribution in [-0.2, 0) is 4.79 Å². The summed E-state index contributed by atoms with van der Waals surface area (Å²) in [6.45, 7) is 6.12. The largest absolute Gasteiger partial charge is 0.324 e. The Kier molecular flexibility index (Phi) is 4.00. The lowest BCUT2D eigenvalue weighted by molar-refractivity contribution is -0.119. The van der Waals surface area contributed by atoms with Gasteiger partial charge in [0.15, 0.2) is 0 Å². The van der Waals surface area contributed by atoms with Crippen molar-refractivity contribution in [3.05, 3.63) is 48.3 Å². The lowest BCUT2D eigenvalue weighted by Crippen LogP contribution is -2.23. The molecule has 0 spiro atoms. The first-order chi connectivity index (χ1) is 9.08. The van der Waals surface area contributed by atoms with Crippen LogP contribution in [-0.4, -0.2) is 15.7 Å². The maximum Gasteiger partial charge on any atom is 0.248 e. The minimum atomic E-state index is -0.320. The highest BCUT2D eigenvalue weighted by Gasteiger charge is 2.14. The van der Waals surface area contributed by atoms with Gasteiger partial charge in [0, 0.05) is 18.1 Å². The van der Waals surface area contributed by atoms with Gasteiger partial charge >= 0.3 is 0 Å². The average molecular weight is 257 g/mol. The molecule has 1 heterocycles. The Bertz CT molecular complexity index is 529. The molecule has 1 atom stereocenters. The van der Waals surface area contributed by atoms with Crippen LogP contribution in [0, 0.1) is 0 Å². The van der Waals surface area contributed by atoms with Crippen LogP contribution in [0.2, 0.25) is 0 Å². The molecule has 1 aromatic heterocycles. The van der Waals surface area contributed by atoms with Gasteiger partial charge in [-0.2, -0.15) is 5.10 Å². The number of hydrogen-bond donors (Lipinski definition) is 1. The Morgan fingerprint density at radius 1 is 1.21 bits per heavy atom. The van der Waals surface area contributed by atoms with Crippen LogP contribution in [0.1, 0.15) is 38.3 Å². The van der Waals surface area contributed by atoms with Crippen LogP contribution >= 0.6 is 0 Å². The molecule has 4 nitrogen and oxygen atoms in total. The average Bonchev–Trinajstić information content (AvgIpc) is 2.92. The van der Waals surface area contributed by atoms with Crippen LogP contribution in [0.4, 0.5) is 5.69 Å². The number of nitrogens with zero attached hydrogens (tertiary/aromatic N) is 2. The van der Waals surface area contributed by atoms with Gasteiger partial charge in [0.1, 0.15) is 6.04 Å². The molecule has 1 amide bonds. The summed E-state index contributed by atoms with van der Waals surface area (Å²) in [5.74, 6) is 0.425. The van der Waals surface area contributed by atoms with Crippen molar-refractivity contribution in [2.45, 2.75) is 32.7 Å². The summed E-state index contributed by atoms with van der Waals surface area (Å²) in [6.07, 6.45) is 3.45. The highest BCUT2D eigenvalue weighted by molar-refractivity contribution is 5.93. The van der Waals surface area contributed by atoms with Crippen LogP contribution in [0.25, 0.3) is 0 Å². The molecule has 0 saturated heterocycles. The van der Waals surface area contributed by atoms with Gasteiger partial charge in [0.25, 0.3) is 0 Å². The summed E-state index contributed by atoms with van der Waals surface area (Å²) in [6, 6.07) is 9.44. The van der Waals surface area contributed by atoms with Crippen molar-refractivity contribution in [3.8, 4) is 0 Å². The van der Waals surface area contributed by atoms with Crippen LogP contribution in [0.3, 0.4) is 0 Å². The second kappa shape index (κ2) is 5.69. The predicted molar refractivity (Wildman–Crippen MR) is 76.1 cm³/mol. The molecule has 19 heavy (non-hydrogen) atoms. The molecular weight excluding hydrogens is 238 g/mol. The van der Waals surface area contributed by atoms with Crippen molar-refractivity contribution in [1.29, 1.82) is 0 Å². The molecule has 2 aromatic rings. The third kappa shape index (κ3) is 3.22. The SMILES string of the molecule is CC(C)c1ccc(NC(=O)[C@H](C)n2cccn2)cc1. The number of carbonyl (C=O) groups is 1. The highest BCUT2D eigenvalue weighted by atomic mass is 16.2. The fourth-order valence-corrected chi connectivity index (χ4v) is 1.83. The number of nitrogens with one attached hydrogen (secondary N) is 1. The second-order valence-corrected chi connectivity index (χ2v) is 4.93. The summed E-state index contributed by atoms with van der Waals surface area (Å²) in [7, 11) is 0. The number of benzene rings is 1. The summed E-state index contributed by atoms with van der Waals surface area (Å²) in [5.41, 5.74) is 2.08. The second-order valence-electron chi connectivity index (χ2n) is 4.93. The minimum absolute atomic E-state index is 0.0685. The summed E-state index contributed by atoms with van der Waals surface area (Å²) in [4.78, 5) is 12.1. The van der Waals surface area contributed by atoms with E-state index in [1.165, 1.54) is 5.56 Å². The van der Waals surface area contributed by atoms with E-state index in [0.717, 1.165) is 5.69 Å². The zero-order valence-corrected chi connectivity index (χ0v) is 11.5. The van der Waals surface area contributed by atoms with Crippen molar-refractivity contribution >= 4 is 11.6 Å². The molecule has 100 valence electrons. The van der Waals surface area contributed by atoms with Gasteiger partial charge in [0.05, 0.1) is 0 Å². The molecule has 0 saturated carbocycles. The van der Waals surface area contributed by atoms with Crippen molar-refractivity contribution in [2.75, 3.05) is 5.32 Å². The maximum atomic E-state index is 12.1. The number of rotatable bonds is 4. The van der Waals surface area contributed by atoms with Gasteiger partial charge in [-0.3, -0.25) is 9.48 Å². The van der Waals surface area contributed by atoms with E-state index in [2.05, 4.69) is 24.3 Å². The normalized spacial score (nSPS) is 12.4. The molecule has 0 aliphatic rings. The maximum absolute atomic E-state index is 12.1. The summed E-state index contributed by atoms with van der Waals surface area (Å²) >= 11 is 0. The Balaban J connectivity index is 2.02. The standard InChI is InChI=1S/C15H19N3O/c1-11(2)13-5-7-14(8-6-13)17-15(19)12(3)18-10-4-9-16-18/h4-12H,1-3H3,(H,17,19)/t12-/m0/s1. The molecule has 0 aliphatic heterocycles. The molecule has 1 N–H and O–H groups in total.